The number of piperidine rings is 1. The Kier molecular flexibility index (Phi) is 3.68. The molecule has 2 saturated carbocycles. The molecule has 1 spiro atoms. The van der Waals surface area contributed by atoms with Crippen LogP contribution in [0.1, 0.15) is 44.9 Å². The van der Waals surface area contributed by atoms with Crippen molar-refractivity contribution in [2.45, 2.75) is 63.1 Å². The highest BCUT2D eigenvalue weighted by atomic mass is 32.1. The lowest BCUT2D eigenvalue weighted by molar-refractivity contribution is -0.133. The summed E-state index contributed by atoms with van der Waals surface area (Å²) in [5, 5.41) is 7.76. The van der Waals surface area contributed by atoms with Gasteiger partial charge in [-0.1, -0.05) is 12.8 Å². The van der Waals surface area contributed by atoms with Crippen LogP contribution in [-0.2, 0) is 4.74 Å². The van der Waals surface area contributed by atoms with Gasteiger partial charge in [-0.2, -0.15) is 0 Å². The van der Waals surface area contributed by atoms with Gasteiger partial charge in [-0.05, 0) is 49.6 Å². The summed E-state index contributed by atoms with van der Waals surface area (Å²) >= 11 is 1.88. The van der Waals surface area contributed by atoms with Crippen molar-refractivity contribution in [1.82, 2.24) is 5.32 Å². The predicted molar refractivity (Wildman–Crippen MR) is 95.2 cm³/mol. The van der Waals surface area contributed by atoms with Crippen LogP contribution < -0.4 is 10.2 Å². The number of ether oxygens (including phenoxy) is 1. The van der Waals surface area contributed by atoms with Gasteiger partial charge in [0.1, 0.15) is 0 Å². The third-order valence-corrected chi connectivity index (χ3v) is 7.94. The zero-order chi connectivity index (χ0) is 15.3. The first-order valence-electron chi connectivity index (χ1n) is 9.53. The van der Waals surface area contributed by atoms with Crippen molar-refractivity contribution < 1.29 is 4.74 Å². The monoisotopic (exact) mass is 332 g/mol. The molecule has 2 aliphatic heterocycles. The molecule has 126 valence electrons. The van der Waals surface area contributed by atoms with Gasteiger partial charge >= 0.3 is 0 Å². The maximum Gasteiger partial charge on any atom is 0.0908 e. The standard InChI is InChI=1S/C19H28N2OS/c1-2-9-19(8-1)17(15-7-12-22-18(15)19)20-14-5-10-21(11-6-14)16-4-3-13-23-16/h3-4,13-15,17-18,20H,1-2,5-12H2/t15-,17+,18-/m1/s1. The third-order valence-electron chi connectivity index (χ3n) is 7.01. The number of nitrogens with zero attached hydrogens (tertiary/aromatic N) is 1. The van der Waals surface area contributed by atoms with E-state index < -0.39 is 0 Å². The largest absolute Gasteiger partial charge is 0.377 e. The highest BCUT2D eigenvalue weighted by molar-refractivity contribution is 7.14. The quantitative estimate of drug-likeness (QED) is 0.914. The molecule has 0 aromatic carbocycles. The lowest BCUT2D eigenvalue weighted by Crippen LogP contribution is -2.69. The van der Waals surface area contributed by atoms with E-state index in [-0.39, 0.29) is 0 Å². The highest BCUT2D eigenvalue weighted by Crippen LogP contribution is 2.60. The Hall–Kier alpha value is -0.580. The molecule has 0 unspecified atom stereocenters. The molecule has 4 aliphatic rings. The third kappa shape index (κ3) is 2.29. The van der Waals surface area contributed by atoms with Gasteiger partial charge in [-0.15, -0.1) is 11.3 Å². The summed E-state index contributed by atoms with van der Waals surface area (Å²) in [5.74, 6) is 0.809. The second-order valence-corrected chi connectivity index (χ2v) is 8.97. The van der Waals surface area contributed by atoms with Gasteiger partial charge in [0.15, 0.2) is 0 Å². The Morgan fingerprint density at radius 3 is 2.74 bits per heavy atom. The van der Waals surface area contributed by atoms with E-state index in [9.17, 15) is 0 Å². The Morgan fingerprint density at radius 2 is 2.00 bits per heavy atom. The zero-order valence-electron chi connectivity index (χ0n) is 13.9. The molecule has 1 aromatic rings. The van der Waals surface area contributed by atoms with Crippen molar-refractivity contribution in [3.05, 3.63) is 17.5 Å². The normalized spacial score (nSPS) is 36.3. The van der Waals surface area contributed by atoms with E-state index in [4.69, 9.17) is 4.74 Å². The van der Waals surface area contributed by atoms with E-state index in [1.165, 1.54) is 63.0 Å². The van der Waals surface area contributed by atoms with Gasteiger partial charge in [0.05, 0.1) is 11.1 Å². The molecule has 3 atom stereocenters. The second kappa shape index (κ2) is 5.75. The van der Waals surface area contributed by atoms with E-state index in [0.717, 1.165) is 24.6 Å². The van der Waals surface area contributed by atoms with Crippen molar-refractivity contribution in [1.29, 1.82) is 0 Å². The summed E-state index contributed by atoms with van der Waals surface area (Å²) < 4.78 is 6.13. The molecule has 1 N–H and O–H groups in total. The summed E-state index contributed by atoms with van der Waals surface area (Å²) in [4.78, 5) is 2.57. The molecule has 5 rings (SSSR count). The molecule has 4 fully saturated rings. The maximum absolute atomic E-state index is 6.13. The molecular weight excluding hydrogens is 304 g/mol. The number of thiophene rings is 1. The molecule has 0 radical (unpaired) electrons. The van der Waals surface area contributed by atoms with E-state index in [2.05, 4.69) is 27.7 Å². The summed E-state index contributed by atoms with van der Waals surface area (Å²) in [6, 6.07) is 5.90. The topological polar surface area (TPSA) is 24.5 Å². The molecule has 4 heteroatoms. The SMILES string of the molecule is c1csc(N2CCC(N[C@H]3[C@H]4CCO[C@H]4C34CCCC4)CC2)c1. The van der Waals surface area contributed by atoms with Crippen LogP contribution in [0.15, 0.2) is 17.5 Å². The summed E-state index contributed by atoms with van der Waals surface area (Å²) in [7, 11) is 0. The minimum Gasteiger partial charge on any atom is -0.377 e. The smallest absolute Gasteiger partial charge is 0.0908 e. The second-order valence-electron chi connectivity index (χ2n) is 8.04. The Bertz CT molecular complexity index is 532. The number of fused-ring (bicyclic) bond motifs is 2. The predicted octanol–water partition coefficient (Wildman–Crippen LogP) is 3.65. The summed E-state index contributed by atoms with van der Waals surface area (Å²) in [6.07, 6.45) is 10.1. The molecule has 0 bridgehead atoms. The van der Waals surface area contributed by atoms with Gasteiger partial charge in [0.2, 0.25) is 0 Å². The minimum absolute atomic E-state index is 0.506. The molecule has 2 aliphatic carbocycles. The van der Waals surface area contributed by atoms with E-state index >= 15 is 0 Å². The number of anilines is 1. The molecule has 2 saturated heterocycles. The molecule has 3 nitrogen and oxygen atoms in total. The number of hydrogen-bond donors (Lipinski definition) is 1. The molecule has 3 heterocycles. The minimum atomic E-state index is 0.506. The Balaban J connectivity index is 1.22. The molecule has 23 heavy (non-hydrogen) atoms. The average molecular weight is 333 g/mol. The van der Waals surface area contributed by atoms with Crippen LogP contribution in [0.3, 0.4) is 0 Å². The van der Waals surface area contributed by atoms with Crippen LogP contribution >= 0.6 is 11.3 Å². The van der Waals surface area contributed by atoms with Gasteiger partial charge < -0.3 is 15.0 Å². The number of rotatable bonds is 3. The highest BCUT2D eigenvalue weighted by Gasteiger charge is 2.64. The number of hydrogen-bond acceptors (Lipinski definition) is 4. The lowest BCUT2D eigenvalue weighted by Gasteiger charge is -2.58. The summed E-state index contributed by atoms with van der Waals surface area (Å²) in [5.41, 5.74) is 0.506. The molecule has 0 amide bonds. The maximum atomic E-state index is 6.13. The number of nitrogens with one attached hydrogen (secondary N) is 1. The lowest BCUT2D eigenvalue weighted by atomic mass is 9.54. The van der Waals surface area contributed by atoms with Crippen molar-refractivity contribution in [3.8, 4) is 0 Å². The van der Waals surface area contributed by atoms with Gasteiger partial charge in [0.25, 0.3) is 0 Å². The van der Waals surface area contributed by atoms with Crippen LogP contribution in [-0.4, -0.2) is 37.9 Å². The fourth-order valence-corrected chi connectivity index (χ4v) is 6.70. The first-order chi connectivity index (χ1) is 11.4. The first kappa shape index (κ1) is 14.7. The zero-order valence-corrected chi connectivity index (χ0v) is 14.7. The van der Waals surface area contributed by atoms with Crippen molar-refractivity contribution >= 4 is 16.3 Å². The fourth-order valence-electron chi connectivity index (χ4n) is 5.91. The first-order valence-corrected chi connectivity index (χ1v) is 10.4. The van der Waals surface area contributed by atoms with Crippen molar-refractivity contribution in [2.75, 3.05) is 24.6 Å². The van der Waals surface area contributed by atoms with Crippen molar-refractivity contribution in [3.63, 3.8) is 0 Å². The van der Waals surface area contributed by atoms with E-state index in [1.807, 2.05) is 11.3 Å². The van der Waals surface area contributed by atoms with Gasteiger partial charge in [-0.3, -0.25) is 0 Å². The average Bonchev–Trinajstić information content (AvgIpc) is 3.33. The van der Waals surface area contributed by atoms with Gasteiger partial charge in [-0.25, -0.2) is 0 Å². The van der Waals surface area contributed by atoms with Crippen LogP contribution in [0.5, 0.6) is 0 Å². The Labute approximate surface area is 143 Å². The van der Waals surface area contributed by atoms with Crippen molar-refractivity contribution in [2.24, 2.45) is 11.3 Å². The van der Waals surface area contributed by atoms with Crippen LogP contribution in [0, 0.1) is 11.3 Å². The Morgan fingerprint density at radius 1 is 1.17 bits per heavy atom. The van der Waals surface area contributed by atoms with Crippen LogP contribution in [0.25, 0.3) is 0 Å². The summed E-state index contributed by atoms with van der Waals surface area (Å²) in [6.45, 7) is 3.43. The molecule has 1 aromatic heterocycles. The van der Waals surface area contributed by atoms with Crippen LogP contribution in [0.2, 0.25) is 0 Å². The van der Waals surface area contributed by atoms with E-state index in [1.54, 1.807) is 0 Å². The molecular formula is C19H28N2OS. The fraction of sp³-hybridized carbons (Fsp3) is 0.789. The van der Waals surface area contributed by atoms with Gasteiger partial charge in [0, 0.05) is 43.1 Å². The van der Waals surface area contributed by atoms with Crippen LogP contribution in [0.4, 0.5) is 5.00 Å². The van der Waals surface area contributed by atoms with E-state index in [0.29, 0.717) is 11.5 Å².